The van der Waals surface area contributed by atoms with Crippen LogP contribution >= 0.6 is 0 Å². The summed E-state index contributed by atoms with van der Waals surface area (Å²) < 4.78 is 2.40. The molecule has 13 rings (SSSR count). The largest absolute Gasteiger partial charge is 0.309 e. The Morgan fingerprint density at radius 3 is 1.49 bits per heavy atom. The van der Waals surface area contributed by atoms with Crippen molar-refractivity contribution in [3.8, 4) is 73.0 Å². The van der Waals surface area contributed by atoms with E-state index in [0.717, 1.165) is 39.3 Å². The maximum atomic E-state index is 5.18. The summed E-state index contributed by atoms with van der Waals surface area (Å²) in [4.78, 5) is 10.2. The van der Waals surface area contributed by atoms with E-state index in [9.17, 15) is 0 Å². The molecule has 312 valence electrons. The second-order valence-corrected chi connectivity index (χ2v) is 17.3. The number of aromatic nitrogens is 3. The van der Waals surface area contributed by atoms with E-state index in [-0.39, 0.29) is 0 Å². The van der Waals surface area contributed by atoms with Crippen LogP contribution in [0.3, 0.4) is 0 Å². The number of fused-ring (bicyclic) bond motifs is 9. The van der Waals surface area contributed by atoms with Gasteiger partial charge in [0.05, 0.1) is 22.4 Å². The second kappa shape index (κ2) is 16.0. The number of hydrogen-bond donors (Lipinski definition) is 0. The quantitative estimate of drug-likeness (QED) is 0.150. The first kappa shape index (κ1) is 38.5. The van der Waals surface area contributed by atoms with Crippen LogP contribution in [0.15, 0.2) is 249 Å². The van der Waals surface area contributed by atoms with Crippen LogP contribution in [0, 0.1) is 0 Å². The highest BCUT2D eigenvalue weighted by molar-refractivity contribution is 6.29. The molecule has 0 aliphatic heterocycles. The van der Waals surface area contributed by atoms with Crippen LogP contribution < -0.4 is 0 Å². The summed E-state index contributed by atoms with van der Waals surface area (Å²) in [5.41, 5.74) is 15.5. The predicted molar refractivity (Wildman–Crippen MR) is 282 cm³/mol. The molecule has 2 heterocycles. The number of para-hydroxylation sites is 1. The fourth-order valence-electron chi connectivity index (χ4n) is 10.2. The molecule has 0 bridgehead atoms. The van der Waals surface area contributed by atoms with Gasteiger partial charge in [0.2, 0.25) is 0 Å². The first-order valence-corrected chi connectivity index (χ1v) is 22.9. The van der Waals surface area contributed by atoms with E-state index < -0.39 is 0 Å². The normalized spacial score (nSPS) is 11.6. The minimum absolute atomic E-state index is 0.708. The van der Waals surface area contributed by atoms with Gasteiger partial charge in [0.15, 0.2) is 5.82 Å². The van der Waals surface area contributed by atoms with Gasteiger partial charge in [-0.25, -0.2) is 9.97 Å². The van der Waals surface area contributed by atoms with Gasteiger partial charge in [0, 0.05) is 33.2 Å². The molecule has 0 aliphatic carbocycles. The van der Waals surface area contributed by atoms with Crippen molar-refractivity contribution in [1.29, 1.82) is 0 Å². The van der Waals surface area contributed by atoms with Crippen molar-refractivity contribution in [2.75, 3.05) is 0 Å². The van der Waals surface area contributed by atoms with E-state index in [1.807, 2.05) is 24.3 Å². The van der Waals surface area contributed by atoms with Crippen LogP contribution in [-0.2, 0) is 0 Å². The molecule has 0 saturated heterocycles. The lowest BCUT2D eigenvalue weighted by Crippen LogP contribution is -1.96. The van der Waals surface area contributed by atoms with E-state index in [1.54, 1.807) is 0 Å². The van der Waals surface area contributed by atoms with E-state index in [0.29, 0.717) is 5.82 Å². The van der Waals surface area contributed by atoms with Crippen LogP contribution in [-0.4, -0.2) is 14.5 Å². The summed E-state index contributed by atoms with van der Waals surface area (Å²) in [5.74, 6) is 0.708. The zero-order chi connectivity index (χ0) is 44.3. The third-order valence-electron chi connectivity index (χ3n) is 13.4. The van der Waals surface area contributed by atoms with Gasteiger partial charge in [0.25, 0.3) is 0 Å². The summed E-state index contributed by atoms with van der Waals surface area (Å²) >= 11 is 0. The minimum Gasteiger partial charge on any atom is -0.309 e. The molecule has 0 radical (unpaired) electrons. The third-order valence-corrected chi connectivity index (χ3v) is 13.4. The number of hydrogen-bond acceptors (Lipinski definition) is 2. The van der Waals surface area contributed by atoms with Crippen molar-refractivity contribution in [3.05, 3.63) is 249 Å². The van der Waals surface area contributed by atoms with Crippen LogP contribution in [0.4, 0.5) is 0 Å². The standard InChI is InChI=1S/C64H41N3/c1-4-16-42(17-5-1)43-30-34-50(35-31-43)67-61-29-13-12-26-54(61)58-40-47(33-37-62(58)67)46-32-36-56-57(39-46)53-25-11-10-24-52(53)55-28-15-27-51(63(55)56)48-22-14-23-49(38-48)60-41-59(44-18-6-2-7-19-44)65-64(66-60)45-20-8-3-9-21-45/h1-41H. The van der Waals surface area contributed by atoms with Crippen molar-refractivity contribution >= 4 is 54.1 Å². The third kappa shape index (κ3) is 6.67. The summed E-state index contributed by atoms with van der Waals surface area (Å²) in [5, 5.41) is 9.92. The summed E-state index contributed by atoms with van der Waals surface area (Å²) in [6.07, 6.45) is 0. The Morgan fingerprint density at radius 2 is 0.746 bits per heavy atom. The fraction of sp³-hybridized carbons (Fsp3) is 0. The van der Waals surface area contributed by atoms with Crippen molar-refractivity contribution in [3.63, 3.8) is 0 Å². The maximum Gasteiger partial charge on any atom is 0.160 e. The molecule has 0 saturated carbocycles. The molecule has 0 N–H and O–H groups in total. The van der Waals surface area contributed by atoms with E-state index in [2.05, 4.69) is 229 Å². The van der Waals surface area contributed by atoms with Crippen molar-refractivity contribution in [2.45, 2.75) is 0 Å². The summed E-state index contributed by atoms with van der Waals surface area (Å²) in [6, 6.07) is 89.5. The van der Waals surface area contributed by atoms with E-state index in [1.165, 1.54) is 81.9 Å². The Labute approximate surface area is 388 Å². The Bertz CT molecular complexity index is 3950. The van der Waals surface area contributed by atoms with Gasteiger partial charge < -0.3 is 4.57 Å². The molecule has 0 amide bonds. The van der Waals surface area contributed by atoms with Gasteiger partial charge in [0.1, 0.15) is 0 Å². The molecule has 67 heavy (non-hydrogen) atoms. The molecule has 3 heteroatoms. The Hall–Kier alpha value is -8.92. The predicted octanol–water partition coefficient (Wildman–Crippen LogP) is 17.0. The van der Waals surface area contributed by atoms with Crippen molar-refractivity contribution in [1.82, 2.24) is 14.5 Å². The second-order valence-electron chi connectivity index (χ2n) is 17.3. The lowest BCUT2D eigenvalue weighted by Gasteiger charge is -2.16. The average Bonchev–Trinajstić information content (AvgIpc) is 3.75. The summed E-state index contributed by atoms with van der Waals surface area (Å²) in [7, 11) is 0. The Morgan fingerprint density at radius 1 is 0.254 bits per heavy atom. The van der Waals surface area contributed by atoms with Gasteiger partial charge >= 0.3 is 0 Å². The topological polar surface area (TPSA) is 30.7 Å². The van der Waals surface area contributed by atoms with Crippen molar-refractivity contribution in [2.24, 2.45) is 0 Å². The molecule has 3 nitrogen and oxygen atoms in total. The van der Waals surface area contributed by atoms with Gasteiger partial charge in [-0.15, -0.1) is 0 Å². The molecule has 0 aliphatic rings. The smallest absolute Gasteiger partial charge is 0.160 e. The zero-order valence-electron chi connectivity index (χ0n) is 36.5. The highest BCUT2D eigenvalue weighted by atomic mass is 15.0. The Balaban J connectivity index is 0.945. The van der Waals surface area contributed by atoms with Crippen LogP contribution in [0.25, 0.3) is 127 Å². The van der Waals surface area contributed by atoms with Gasteiger partial charge in [-0.1, -0.05) is 200 Å². The minimum atomic E-state index is 0.708. The van der Waals surface area contributed by atoms with Gasteiger partial charge in [-0.05, 0) is 114 Å². The van der Waals surface area contributed by atoms with Crippen LogP contribution in [0.1, 0.15) is 0 Å². The molecular weight excluding hydrogens is 811 g/mol. The maximum absolute atomic E-state index is 5.18. The number of benzene rings is 11. The molecule has 11 aromatic carbocycles. The SMILES string of the molecule is c1ccc(-c2ccc(-n3c4ccccc4c4cc(-c5ccc6c(c5)c5ccccc5c5cccc(-c7cccc(-c8cc(-c9ccccc9)nc(-c9ccccc9)n8)c7)c56)ccc43)cc2)cc1. The van der Waals surface area contributed by atoms with Gasteiger partial charge in [-0.2, -0.15) is 0 Å². The summed E-state index contributed by atoms with van der Waals surface area (Å²) in [6.45, 7) is 0. The molecule has 0 unspecified atom stereocenters. The molecule has 0 spiro atoms. The highest BCUT2D eigenvalue weighted by Crippen LogP contribution is 2.43. The van der Waals surface area contributed by atoms with Gasteiger partial charge in [-0.3, -0.25) is 0 Å². The number of nitrogens with zero attached hydrogens (tertiary/aromatic N) is 3. The molecule has 2 aromatic heterocycles. The monoisotopic (exact) mass is 851 g/mol. The molecule has 13 aromatic rings. The fourth-order valence-corrected chi connectivity index (χ4v) is 10.2. The first-order valence-electron chi connectivity index (χ1n) is 22.9. The van der Waals surface area contributed by atoms with E-state index in [4.69, 9.17) is 9.97 Å². The van der Waals surface area contributed by atoms with E-state index >= 15 is 0 Å². The Kier molecular flexibility index (Phi) is 9.17. The lowest BCUT2D eigenvalue weighted by atomic mass is 9.88. The lowest BCUT2D eigenvalue weighted by molar-refractivity contribution is 1.18. The highest BCUT2D eigenvalue weighted by Gasteiger charge is 2.18. The van der Waals surface area contributed by atoms with Crippen LogP contribution in [0.5, 0.6) is 0 Å². The number of rotatable bonds is 7. The van der Waals surface area contributed by atoms with Crippen LogP contribution in [0.2, 0.25) is 0 Å². The zero-order valence-corrected chi connectivity index (χ0v) is 36.5. The van der Waals surface area contributed by atoms with Crippen molar-refractivity contribution < 1.29 is 0 Å². The molecule has 0 atom stereocenters. The molecular formula is C64H41N3. The first-order chi connectivity index (χ1) is 33.2. The molecule has 0 fully saturated rings. The average molecular weight is 852 g/mol.